The molecule has 0 fully saturated rings. The first kappa shape index (κ1) is 18.2. The minimum absolute atomic E-state index is 0.0809. The first-order valence-corrected chi connectivity index (χ1v) is 8.95. The highest BCUT2D eigenvalue weighted by Crippen LogP contribution is 2.17. The van der Waals surface area contributed by atoms with E-state index in [1.54, 1.807) is 12.3 Å². The molecule has 0 radical (unpaired) electrons. The van der Waals surface area contributed by atoms with Gasteiger partial charge in [0, 0.05) is 37.6 Å². The quantitative estimate of drug-likeness (QED) is 0.812. The average molecular weight is 315 g/mol. The highest BCUT2D eigenvalue weighted by molar-refractivity contribution is 7.89. The van der Waals surface area contributed by atoms with Gasteiger partial charge in [0.1, 0.15) is 0 Å². The largest absolute Gasteiger partial charge is 0.349 e. The van der Waals surface area contributed by atoms with Gasteiger partial charge in [-0.05, 0) is 18.4 Å². The monoisotopic (exact) mass is 315 g/mol. The third kappa shape index (κ3) is 5.80. The van der Waals surface area contributed by atoms with Gasteiger partial charge in [-0.3, -0.25) is 0 Å². The molecule has 0 atom stereocenters. The van der Waals surface area contributed by atoms with Crippen LogP contribution in [0.1, 0.15) is 47.2 Å². The summed E-state index contributed by atoms with van der Waals surface area (Å²) in [7, 11) is -3.44. The minimum Gasteiger partial charge on any atom is -0.349 e. The van der Waals surface area contributed by atoms with Crippen molar-refractivity contribution in [2.45, 2.75) is 65.6 Å². The second-order valence-electron chi connectivity index (χ2n) is 6.87. The highest BCUT2D eigenvalue weighted by Gasteiger charge is 2.21. The van der Waals surface area contributed by atoms with Gasteiger partial charge in [-0.1, -0.05) is 34.6 Å². The van der Waals surface area contributed by atoms with E-state index < -0.39 is 10.0 Å². The zero-order chi connectivity index (χ0) is 16.3. The van der Waals surface area contributed by atoms with Gasteiger partial charge < -0.3 is 9.88 Å². The fraction of sp³-hybridized carbons (Fsp3) is 0.733. The van der Waals surface area contributed by atoms with E-state index in [4.69, 9.17) is 0 Å². The van der Waals surface area contributed by atoms with Crippen LogP contribution in [0.2, 0.25) is 0 Å². The third-order valence-electron chi connectivity index (χ3n) is 3.10. The molecule has 6 heteroatoms. The van der Waals surface area contributed by atoms with Gasteiger partial charge in [0.25, 0.3) is 0 Å². The standard InChI is InChI=1S/C15H29N3O2S/c1-7-18-10-14(8-13(18)9-16-12(2)3)21(19,20)17-11-15(4,5)6/h8,10,12,16-17H,7,9,11H2,1-6H3. The fourth-order valence-electron chi connectivity index (χ4n) is 1.82. The first-order chi connectivity index (χ1) is 9.55. The van der Waals surface area contributed by atoms with Crippen molar-refractivity contribution in [3.63, 3.8) is 0 Å². The summed E-state index contributed by atoms with van der Waals surface area (Å²) in [6, 6.07) is 2.12. The molecule has 1 aromatic rings. The van der Waals surface area contributed by atoms with E-state index in [0.29, 0.717) is 24.0 Å². The molecule has 0 aromatic carbocycles. The van der Waals surface area contributed by atoms with Gasteiger partial charge in [0.2, 0.25) is 10.0 Å². The number of rotatable bonds is 7. The Balaban J connectivity index is 2.92. The molecule has 0 aliphatic carbocycles. The molecular weight excluding hydrogens is 286 g/mol. The molecule has 1 heterocycles. The lowest BCUT2D eigenvalue weighted by Crippen LogP contribution is -2.32. The van der Waals surface area contributed by atoms with Gasteiger partial charge in [-0.25, -0.2) is 13.1 Å². The van der Waals surface area contributed by atoms with Crippen LogP contribution < -0.4 is 10.0 Å². The third-order valence-corrected chi connectivity index (χ3v) is 4.46. The second-order valence-corrected chi connectivity index (χ2v) is 8.64. The van der Waals surface area contributed by atoms with Crippen LogP contribution in [0.5, 0.6) is 0 Å². The zero-order valence-corrected chi connectivity index (χ0v) is 14.8. The predicted octanol–water partition coefficient (Wildman–Crippen LogP) is 2.33. The summed E-state index contributed by atoms with van der Waals surface area (Å²) >= 11 is 0. The van der Waals surface area contributed by atoms with Crippen molar-refractivity contribution in [2.75, 3.05) is 6.54 Å². The Hall–Kier alpha value is -0.850. The van der Waals surface area contributed by atoms with Gasteiger partial charge in [-0.2, -0.15) is 0 Å². The molecule has 1 aromatic heterocycles. The highest BCUT2D eigenvalue weighted by atomic mass is 32.2. The summed E-state index contributed by atoms with van der Waals surface area (Å²) in [5.41, 5.74) is 0.907. The number of aryl methyl sites for hydroxylation is 1. The van der Waals surface area contributed by atoms with E-state index >= 15 is 0 Å². The number of sulfonamides is 1. The molecule has 122 valence electrons. The average Bonchev–Trinajstić information content (AvgIpc) is 2.77. The SMILES string of the molecule is CCn1cc(S(=O)(=O)NCC(C)(C)C)cc1CNC(C)C. The predicted molar refractivity (Wildman–Crippen MR) is 86.7 cm³/mol. The molecule has 1 rings (SSSR count). The van der Waals surface area contributed by atoms with Crippen molar-refractivity contribution in [1.29, 1.82) is 0 Å². The number of aromatic nitrogens is 1. The van der Waals surface area contributed by atoms with Crippen LogP contribution in [0.25, 0.3) is 0 Å². The smallest absolute Gasteiger partial charge is 0.242 e. The van der Waals surface area contributed by atoms with E-state index in [-0.39, 0.29) is 5.41 Å². The van der Waals surface area contributed by atoms with Crippen LogP contribution in [0.15, 0.2) is 17.2 Å². The molecule has 0 spiro atoms. The van der Waals surface area contributed by atoms with Crippen LogP contribution in [0.4, 0.5) is 0 Å². The molecule has 2 N–H and O–H groups in total. The molecule has 0 amide bonds. The molecule has 0 aliphatic heterocycles. The topological polar surface area (TPSA) is 63.1 Å². The molecule has 0 saturated heterocycles. The molecule has 5 nitrogen and oxygen atoms in total. The lowest BCUT2D eigenvalue weighted by molar-refractivity contribution is 0.407. The zero-order valence-electron chi connectivity index (χ0n) is 14.0. The summed E-state index contributed by atoms with van der Waals surface area (Å²) in [4.78, 5) is 0.342. The van der Waals surface area contributed by atoms with Gasteiger partial charge in [-0.15, -0.1) is 0 Å². The number of nitrogens with zero attached hydrogens (tertiary/aromatic N) is 1. The van der Waals surface area contributed by atoms with Crippen LogP contribution >= 0.6 is 0 Å². The molecular formula is C15H29N3O2S. The Morgan fingerprint density at radius 2 is 1.90 bits per heavy atom. The summed E-state index contributed by atoms with van der Waals surface area (Å²) in [6.45, 7) is 14.0. The number of nitrogens with one attached hydrogen (secondary N) is 2. The van der Waals surface area contributed by atoms with Crippen LogP contribution in [0, 0.1) is 5.41 Å². The molecule has 0 bridgehead atoms. The molecule has 0 unspecified atom stereocenters. The maximum Gasteiger partial charge on any atom is 0.242 e. The van der Waals surface area contributed by atoms with Gasteiger partial charge in [0.15, 0.2) is 0 Å². The van der Waals surface area contributed by atoms with Crippen LogP contribution in [-0.2, 0) is 23.1 Å². The Kier molecular flexibility index (Phi) is 6.01. The van der Waals surface area contributed by atoms with E-state index in [0.717, 1.165) is 12.2 Å². The van der Waals surface area contributed by atoms with E-state index in [9.17, 15) is 8.42 Å². The van der Waals surface area contributed by atoms with Crippen molar-refractivity contribution in [3.05, 3.63) is 18.0 Å². The number of hydrogen-bond acceptors (Lipinski definition) is 3. The number of hydrogen-bond donors (Lipinski definition) is 2. The van der Waals surface area contributed by atoms with Crippen molar-refractivity contribution >= 4 is 10.0 Å². The second kappa shape index (κ2) is 6.94. The van der Waals surface area contributed by atoms with Crippen molar-refractivity contribution < 1.29 is 8.42 Å². The van der Waals surface area contributed by atoms with Gasteiger partial charge in [0.05, 0.1) is 4.90 Å². The van der Waals surface area contributed by atoms with Crippen molar-refractivity contribution in [1.82, 2.24) is 14.6 Å². The fourth-order valence-corrected chi connectivity index (χ4v) is 3.17. The summed E-state index contributed by atoms with van der Waals surface area (Å²) in [6.07, 6.45) is 1.71. The summed E-state index contributed by atoms with van der Waals surface area (Å²) < 4.78 is 29.4. The lowest BCUT2D eigenvalue weighted by Gasteiger charge is -2.18. The van der Waals surface area contributed by atoms with Gasteiger partial charge >= 0.3 is 0 Å². The summed E-state index contributed by atoms with van der Waals surface area (Å²) in [5, 5.41) is 3.32. The van der Waals surface area contributed by atoms with E-state index in [1.165, 1.54) is 0 Å². The molecule has 0 saturated carbocycles. The normalized spacial score (nSPS) is 13.1. The van der Waals surface area contributed by atoms with E-state index in [2.05, 4.69) is 23.9 Å². The Labute approximate surface area is 129 Å². The maximum absolute atomic E-state index is 12.4. The van der Waals surface area contributed by atoms with Crippen LogP contribution in [0.3, 0.4) is 0 Å². The first-order valence-electron chi connectivity index (χ1n) is 7.47. The van der Waals surface area contributed by atoms with Crippen molar-refractivity contribution in [3.8, 4) is 0 Å². The summed E-state index contributed by atoms with van der Waals surface area (Å²) in [5.74, 6) is 0. The van der Waals surface area contributed by atoms with Crippen LogP contribution in [-0.4, -0.2) is 25.6 Å². The maximum atomic E-state index is 12.4. The Morgan fingerprint density at radius 3 is 2.38 bits per heavy atom. The Morgan fingerprint density at radius 1 is 1.29 bits per heavy atom. The van der Waals surface area contributed by atoms with Crippen molar-refractivity contribution in [2.24, 2.45) is 5.41 Å². The lowest BCUT2D eigenvalue weighted by atomic mass is 9.98. The minimum atomic E-state index is -3.44. The molecule has 0 aliphatic rings. The Bertz CT molecular complexity index is 554. The van der Waals surface area contributed by atoms with E-state index in [1.807, 2.05) is 32.3 Å². The molecule has 21 heavy (non-hydrogen) atoms.